The van der Waals surface area contributed by atoms with Gasteiger partial charge in [0.1, 0.15) is 5.82 Å². The fraction of sp³-hybridized carbons (Fsp3) is 0.571. The number of carbonyl (C=O) groups is 1. The maximum atomic E-state index is 13.0. The van der Waals surface area contributed by atoms with Crippen LogP contribution < -0.4 is 10.6 Å². The lowest BCUT2D eigenvalue weighted by molar-refractivity contribution is -0.146. The SMILES string of the molecule is Cc1c(NCCC(=O)NC(C)C)nn2c(C(F)(F)F)nnc2c1C. The predicted molar refractivity (Wildman–Crippen MR) is 81.6 cm³/mol. The second-order valence-corrected chi connectivity index (χ2v) is 5.75. The average molecular weight is 344 g/mol. The Balaban J connectivity index is 2.24. The molecular formula is C14H19F3N6O. The number of nitrogens with one attached hydrogen (secondary N) is 2. The van der Waals surface area contributed by atoms with Crippen molar-refractivity contribution in [1.29, 1.82) is 0 Å². The van der Waals surface area contributed by atoms with Crippen LogP contribution in [0.15, 0.2) is 0 Å². The molecule has 0 aliphatic rings. The molecule has 0 bridgehead atoms. The Kier molecular flexibility index (Phi) is 4.95. The van der Waals surface area contributed by atoms with Crippen molar-refractivity contribution in [2.45, 2.75) is 46.3 Å². The Morgan fingerprint density at radius 3 is 2.46 bits per heavy atom. The smallest absolute Gasteiger partial charge is 0.368 e. The normalized spacial score (nSPS) is 12.0. The van der Waals surface area contributed by atoms with Crippen molar-refractivity contribution in [3.05, 3.63) is 17.0 Å². The number of aromatic nitrogens is 4. The Morgan fingerprint density at radius 2 is 1.88 bits per heavy atom. The van der Waals surface area contributed by atoms with E-state index >= 15 is 0 Å². The molecule has 7 nitrogen and oxygen atoms in total. The van der Waals surface area contributed by atoms with Crippen molar-refractivity contribution in [1.82, 2.24) is 25.1 Å². The van der Waals surface area contributed by atoms with Gasteiger partial charge >= 0.3 is 6.18 Å². The van der Waals surface area contributed by atoms with Gasteiger partial charge in [-0.05, 0) is 33.3 Å². The first-order valence-corrected chi connectivity index (χ1v) is 7.44. The third kappa shape index (κ3) is 3.74. The number of hydrogen-bond acceptors (Lipinski definition) is 5. The van der Waals surface area contributed by atoms with Crippen LogP contribution in [0.4, 0.5) is 19.0 Å². The Labute approximate surface area is 136 Å². The van der Waals surface area contributed by atoms with E-state index in [0.717, 1.165) is 0 Å². The highest BCUT2D eigenvalue weighted by molar-refractivity contribution is 5.76. The monoisotopic (exact) mass is 344 g/mol. The minimum absolute atomic E-state index is 0.0299. The Bertz CT molecular complexity index is 753. The predicted octanol–water partition coefficient (Wildman–Crippen LogP) is 2.09. The third-order valence-electron chi connectivity index (χ3n) is 3.44. The van der Waals surface area contributed by atoms with Crippen molar-refractivity contribution < 1.29 is 18.0 Å². The minimum atomic E-state index is -4.65. The summed E-state index contributed by atoms with van der Waals surface area (Å²) >= 11 is 0. The van der Waals surface area contributed by atoms with Crippen molar-refractivity contribution >= 4 is 17.4 Å². The number of hydrogen-bond donors (Lipinski definition) is 2. The van der Waals surface area contributed by atoms with Gasteiger partial charge in [0, 0.05) is 24.6 Å². The molecule has 0 aliphatic carbocycles. The summed E-state index contributed by atoms with van der Waals surface area (Å²) in [7, 11) is 0. The summed E-state index contributed by atoms with van der Waals surface area (Å²) in [5, 5.41) is 16.3. The standard InChI is InChI=1S/C14H19F3N6O/c1-7(2)19-10(24)5-6-18-11-8(3)9(4)12-20-21-13(14(15,16)17)23(12)22-11/h7H,5-6H2,1-4H3,(H,18,22)(H,19,24). The highest BCUT2D eigenvalue weighted by Crippen LogP contribution is 2.29. The molecule has 10 heteroatoms. The maximum Gasteiger partial charge on any atom is 0.453 e. The molecule has 0 radical (unpaired) electrons. The van der Waals surface area contributed by atoms with E-state index in [9.17, 15) is 18.0 Å². The highest BCUT2D eigenvalue weighted by Gasteiger charge is 2.38. The van der Waals surface area contributed by atoms with E-state index in [-0.39, 0.29) is 36.4 Å². The van der Waals surface area contributed by atoms with Gasteiger partial charge in [-0.15, -0.1) is 15.3 Å². The van der Waals surface area contributed by atoms with Crippen LogP contribution in [-0.2, 0) is 11.0 Å². The van der Waals surface area contributed by atoms with Gasteiger partial charge in [-0.2, -0.15) is 17.7 Å². The Morgan fingerprint density at radius 1 is 1.21 bits per heavy atom. The van der Waals surface area contributed by atoms with E-state index in [1.165, 1.54) is 0 Å². The van der Waals surface area contributed by atoms with Gasteiger partial charge in [-0.1, -0.05) is 0 Å². The number of rotatable bonds is 5. The summed E-state index contributed by atoms with van der Waals surface area (Å²) in [6, 6.07) is 0.0299. The van der Waals surface area contributed by atoms with E-state index in [0.29, 0.717) is 15.6 Å². The molecule has 0 unspecified atom stereocenters. The van der Waals surface area contributed by atoms with E-state index < -0.39 is 12.0 Å². The lowest BCUT2D eigenvalue weighted by Crippen LogP contribution is -2.31. The topological polar surface area (TPSA) is 84.2 Å². The molecule has 0 aliphatic heterocycles. The van der Waals surface area contributed by atoms with Crippen molar-refractivity contribution in [2.24, 2.45) is 0 Å². The van der Waals surface area contributed by atoms with Crippen LogP contribution in [0.1, 0.15) is 37.2 Å². The fourth-order valence-electron chi connectivity index (χ4n) is 2.16. The van der Waals surface area contributed by atoms with Crippen LogP contribution in [0.2, 0.25) is 0 Å². The van der Waals surface area contributed by atoms with Gasteiger partial charge in [-0.25, -0.2) is 0 Å². The van der Waals surface area contributed by atoms with Crippen LogP contribution >= 0.6 is 0 Å². The highest BCUT2D eigenvalue weighted by atomic mass is 19.4. The number of alkyl halides is 3. The van der Waals surface area contributed by atoms with Gasteiger partial charge in [0.15, 0.2) is 5.65 Å². The zero-order valence-electron chi connectivity index (χ0n) is 13.8. The average Bonchev–Trinajstić information content (AvgIpc) is 2.87. The van der Waals surface area contributed by atoms with E-state index in [1.807, 2.05) is 13.8 Å². The zero-order valence-corrected chi connectivity index (χ0v) is 13.8. The molecule has 0 fully saturated rings. The summed E-state index contributed by atoms with van der Waals surface area (Å²) in [6.07, 6.45) is -4.47. The molecule has 2 rings (SSSR count). The number of amides is 1. The number of anilines is 1. The molecule has 2 heterocycles. The number of fused-ring (bicyclic) bond motifs is 1. The van der Waals surface area contributed by atoms with Crippen LogP contribution in [0, 0.1) is 13.8 Å². The molecule has 0 atom stereocenters. The molecule has 0 saturated carbocycles. The van der Waals surface area contributed by atoms with Crippen LogP contribution in [0.3, 0.4) is 0 Å². The molecule has 132 valence electrons. The number of nitrogens with zero attached hydrogens (tertiary/aromatic N) is 4. The summed E-state index contributed by atoms with van der Waals surface area (Å²) in [5.74, 6) is -1.06. The summed E-state index contributed by atoms with van der Waals surface area (Å²) in [6.45, 7) is 7.32. The van der Waals surface area contributed by atoms with Crippen LogP contribution in [-0.4, -0.2) is 38.3 Å². The third-order valence-corrected chi connectivity index (χ3v) is 3.44. The fourth-order valence-corrected chi connectivity index (χ4v) is 2.16. The van der Waals surface area contributed by atoms with Crippen molar-refractivity contribution in [3.63, 3.8) is 0 Å². The van der Waals surface area contributed by atoms with Crippen LogP contribution in [0.5, 0.6) is 0 Å². The largest absolute Gasteiger partial charge is 0.453 e. The van der Waals surface area contributed by atoms with Gasteiger partial charge in [0.05, 0.1) is 0 Å². The van der Waals surface area contributed by atoms with Crippen molar-refractivity contribution in [2.75, 3.05) is 11.9 Å². The molecule has 24 heavy (non-hydrogen) atoms. The number of carbonyl (C=O) groups excluding carboxylic acids is 1. The van der Waals surface area contributed by atoms with Gasteiger partial charge in [0.25, 0.3) is 5.82 Å². The van der Waals surface area contributed by atoms with Gasteiger partial charge < -0.3 is 10.6 Å². The quantitative estimate of drug-likeness (QED) is 0.868. The van der Waals surface area contributed by atoms with Gasteiger partial charge in [-0.3, -0.25) is 4.79 Å². The molecule has 0 saturated heterocycles. The molecule has 2 N–H and O–H groups in total. The first-order chi connectivity index (χ1) is 11.1. The second-order valence-electron chi connectivity index (χ2n) is 5.75. The molecule has 0 aromatic carbocycles. The molecule has 1 amide bonds. The summed E-state index contributed by atoms with van der Waals surface area (Å²) in [4.78, 5) is 11.6. The summed E-state index contributed by atoms with van der Waals surface area (Å²) in [5.41, 5.74) is 1.26. The molecule has 2 aromatic rings. The lowest BCUT2D eigenvalue weighted by atomic mass is 10.2. The maximum absolute atomic E-state index is 13.0. The van der Waals surface area contributed by atoms with Gasteiger partial charge in [0.2, 0.25) is 5.91 Å². The molecular weight excluding hydrogens is 325 g/mol. The minimum Gasteiger partial charge on any atom is -0.368 e. The van der Waals surface area contributed by atoms with E-state index in [4.69, 9.17) is 0 Å². The lowest BCUT2D eigenvalue weighted by Gasteiger charge is -2.13. The zero-order chi connectivity index (χ0) is 18.1. The molecule has 0 spiro atoms. The second kappa shape index (κ2) is 6.62. The van der Waals surface area contributed by atoms with Crippen molar-refractivity contribution in [3.8, 4) is 0 Å². The first-order valence-electron chi connectivity index (χ1n) is 7.44. The summed E-state index contributed by atoms with van der Waals surface area (Å²) < 4.78 is 39.6. The van der Waals surface area contributed by atoms with Crippen LogP contribution in [0.25, 0.3) is 5.65 Å². The number of aryl methyl sites for hydroxylation is 1. The number of halogens is 3. The first kappa shape index (κ1) is 18.0. The van der Waals surface area contributed by atoms with E-state index in [1.54, 1.807) is 13.8 Å². The Hall–Kier alpha value is -2.39. The molecule has 2 aromatic heterocycles. The van der Waals surface area contributed by atoms with E-state index in [2.05, 4.69) is 25.9 Å².